The van der Waals surface area contributed by atoms with Crippen LogP contribution in [0.2, 0.25) is 10.0 Å². The minimum Gasteiger partial charge on any atom is -0.481 e. The molecule has 228 valence electrons. The zero-order valence-electron chi connectivity index (χ0n) is 22.8. The molecule has 0 radical (unpaired) electrons. The van der Waals surface area contributed by atoms with Crippen LogP contribution in [0.25, 0.3) is 0 Å². The van der Waals surface area contributed by atoms with Crippen molar-refractivity contribution in [2.24, 2.45) is 42.9 Å². The lowest BCUT2D eigenvalue weighted by molar-refractivity contribution is -0.143. The Morgan fingerprint density at radius 3 is 1.26 bits per heavy atom. The third kappa shape index (κ3) is 18.7. The summed E-state index contributed by atoms with van der Waals surface area (Å²) in [5.41, 5.74) is 24.8. The number of aliphatic carboxylic acids is 2. The predicted octanol–water partition coefficient (Wildman–Crippen LogP) is 3.27. The molecule has 0 aliphatic heterocycles. The number of hydrogen-bond acceptors (Lipinski definition) is 4. The average Bonchev–Trinajstić information content (AvgIpc) is 2.92. The van der Waals surface area contributed by atoms with Gasteiger partial charge in [0.1, 0.15) is 0 Å². The Labute approximate surface area is 253 Å². The van der Waals surface area contributed by atoms with E-state index >= 15 is 0 Å². The molecule has 0 fully saturated rings. The number of halogens is 2. The van der Waals surface area contributed by atoms with E-state index < -0.39 is 11.9 Å². The summed E-state index contributed by atoms with van der Waals surface area (Å²) in [5, 5.41) is 22.9. The van der Waals surface area contributed by atoms with Gasteiger partial charge in [-0.3, -0.25) is 19.6 Å². The van der Waals surface area contributed by atoms with Crippen molar-refractivity contribution in [3.05, 3.63) is 58.6 Å². The molecule has 16 heteroatoms. The number of rotatable bonds is 12. The van der Waals surface area contributed by atoms with Crippen LogP contribution >= 0.6 is 23.2 Å². The van der Waals surface area contributed by atoms with Crippen molar-refractivity contribution >= 4 is 70.4 Å². The topological polar surface area (TPSA) is 252 Å². The van der Waals surface area contributed by atoms with Crippen molar-refractivity contribution in [2.45, 2.75) is 38.5 Å². The van der Waals surface area contributed by atoms with Crippen LogP contribution in [-0.4, -0.2) is 59.1 Å². The predicted molar refractivity (Wildman–Crippen MR) is 169 cm³/mol. The Bertz CT molecular complexity index is 1150. The molecule has 0 aliphatic rings. The van der Waals surface area contributed by atoms with E-state index in [1.807, 2.05) is 0 Å². The van der Waals surface area contributed by atoms with Gasteiger partial charge in [-0.15, -0.1) is 0 Å². The molecule has 12 N–H and O–H groups in total. The molecule has 0 heterocycles. The highest BCUT2D eigenvalue weighted by atomic mass is 35.5. The van der Waals surface area contributed by atoms with E-state index in [0.29, 0.717) is 23.1 Å². The smallest absolute Gasteiger partial charge is 0.303 e. The van der Waals surface area contributed by atoms with E-state index in [1.54, 1.807) is 48.5 Å². The average molecular weight is 624 g/mol. The molecular formula is C26H36Cl2N10O4. The Balaban J connectivity index is 0.000000962. The van der Waals surface area contributed by atoms with Gasteiger partial charge in [-0.05, 0) is 61.4 Å². The molecule has 0 bridgehead atoms. The van der Waals surface area contributed by atoms with Gasteiger partial charge in [-0.1, -0.05) is 36.0 Å². The third-order valence-electron chi connectivity index (χ3n) is 4.87. The van der Waals surface area contributed by atoms with Crippen LogP contribution in [0, 0.1) is 0 Å². The molecular weight excluding hydrogens is 587 g/mol. The van der Waals surface area contributed by atoms with Gasteiger partial charge in [0.2, 0.25) is 23.8 Å². The standard InChI is InChI=1S/C22H30Cl2N10.C4H6O4/c23-15-5-9-17(10-6-15)31-21(27)33-19(25)29-13-3-1-2-4-14-30-20(26)34-22(28)32-18-11-7-16(24)8-12-18;5-3(6)1-2-4(7)8/h5-12H,1-4,13-14H2,(H5,25,27,29,31,33)(H5,26,28,30,32,34);1-2H2,(H,5,6)(H,7,8). The SMILES string of the molecule is NC(=NCCCCCCN=C(N)/N=C(\N)Nc1ccc(Cl)cc1)/N=C(\N)Nc1ccc(Cl)cc1.O=C(O)CCC(=O)O. The van der Waals surface area contributed by atoms with Crippen LogP contribution in [-0.2, 0) is 9.59 Å². The Hall–Kier alpha value is -4.56. The van der Waals surface area contributed by atoms with Crippen molar-refractivity contribution in [2.75, 3.05) is 23.7 Å². The molecule has 0 unspecified atom stereocenters. The number of carboxylic acid groups (broad SMARTS) is 2. The number of carbonyl (C=O) groups is 2. The molecule has 2 aromatic rings. The summed E-state index contributed by atoms with van der Waals surface area (Å²) < 4.78 is 0. The zero-order chi connectivity index (χ0) is 31.3. The highest BCUT2D eigenvalue weighted by Crippen LogP contribution is 2.13. The quantitative estimate of drug-likeness (QED) is 0.0972. The van der Waals surface area contributed by atoms with E-state index in [0.717, 1.165) is 37.1 Å². The molecule has 0 aromatic heterocycles. The second kappa shape index (κ2) is 20.3. The molecule has 0 atom stereocenters. The van der Waals surface area contributed by atoms with Gasteiger partial charge < -0.3 is 43.8 Å². The van der Waals surface area contributed by atoms with Gasteiger partial charge in [0, 0.05) is 34.5 Å². The molecule has 2 rings (SSSR count). The van der Waals surface area contributed by atoms with E-state index in [2.05, 4.69) is 30.6 Å². The summed E-state index contributed by atoms with van der Waals surface area (Å²) in [6, 6.07) is 14.1. The molecule has 0 saturated carbocycles. The second-order valence-corrected chi connectivity index (χ2v) is 9.31. The summed E-state index contributed by atoms with van der Waals surface area (Å²) in [6.45, 7) is 1.12. The van der Waals surface area contributed by atoms with E-state index in [1.165, 1.54) is 0 Å². The summed E-state index contributed by atoms with van der Waals surface area (Å²) in [6.07, 6.45) is 3.09. The highest BCUT2D eigenvalue weighted by Gasteiger charge is 2.01. The first kappa shape index (κ1) is 35.5. The van der Waals surface area contributed by atoms with Gasteiger partial charge in [0.15, 0.2) is 0 Å². The maximum absolute atomic E-state index is 9.64. The number of nitrogens with two attached hydrogens (primary N) is 4. The molecule has 0 amide bonds. The number of benzene rings is 2. The van der Waals surface area contributed by atoms with Crippen LogP contribution in [0.1, 0.15) is 38.5 Å². The van der Waals surface area contributed by atoms with Gasteiger partial charge >= 0.3 is 11.9 Å². The number of guanidine groups is 4. The normalized spacial score (nSPS) is 12.2. The minimum absolute atomic E-state index is 0.124. The van der Waals surface area contributed by atoms with Crippen molar-refractivity contribution in [3.63, 3.8) is 0 Å². The first-order valence-electron chi connectivity index (χ1n) is 12.7. The number of nitrogens with zero attached hydrogens (tertiary/aromatic N) is 4. The van der Waals surface area contributed by atoms with Crippen LogP contribution in [0.5, 0.6) is 0 Å². The largest absolute Gasteiger partial charge is 0.481 e. The summed E-state index contributed by atoms with van der Waals surface area (Å²) in [4.78, 5) is 35.8. The fourth-order valence-electron chi connectivity index (χ4n) is 2.91. The lowest BCUT2D eigenvalue weighted by Crippen LogP contribution is -2.26. The van der Waals surface area contributed by atoms with Crippen LogP contribution in [0.3, 0.4) is 0 Å². The van der Waals surface area contributed by atoms with Crippen molar-refractivity contribution in [1.29, 1.82) is 0 Å². The highest BCUT2D eigenvalue weighted by molar-refractivity contribution is 6.31. The van der Waals surface area contributed by atoms with Crippen LogP contribution in [0.15, 0.2) is 68.5 Å². The number of unbranched alkanes of at least 4 members (excludes halogenated alkanes) is 3. The second-order valence-electron chi connectivity index (χ2n) is 8.44. The number of anilines is 2. The molecule has 0 aliphatic carbocycles. The number of hydrogen-bond donors (Lipinski definition) is 8. The summed E-state index contributed by atoms with van der Waals surface area (Å²) in [5.74, 6) is -1.59. The zero-order valence-corrected chi connectivity index (χ0v) is 24.4. The van der Waals surface area contributed by atoms with Gasteiger partial charge in [-0.25, -0.2) is 0 Å². The third-order valence-corrected chi connectivity index (χ3v) is 5.37. The number of aliphatic imine (C=N–C) groups is 4. The monoisotopic (exact) mass is 622 g/mol. The first-order chi connectivity index (χ1) is 19.9. The Morgan fingerprint density at radius 1 is 0.619 bits per heavy atom. The van der Waals surface area contributed by atoms with Crippen molar-refractivity contribution in [3.8, 4) is 0 Å². The fourth-order valence-corrected chi connectivity index (χ4v) is 3.17. The minimum atomic E-state index is -1.08. The van der Waals surface area contributed by atoms with Gasteiger partial charge in [-0.2, -0.15) is 9.98 Å². The Kier molecular flexibility index (Phi) is 17.2. The summed E-state index contributed by atoms with van der Waals surface area (Å²) in [7, 11) is 0. The van der Waals surface area contributed by atoms with Crippen LogP contribution < -0.4 is 33.6 Å². The Morgan fingerprint density at radius 2 is 0.952 bits per heavy atom. The molecule has 0 saturated heterocycles. The summed E-state index contributed by atoms with van der Waals surface area (Å²) >= 11 is 11.7. The molecule has 14 nitrogen and oxygen atoms in total. The van der Waals surface area contributed by atoms with Gasteiger partial charge in [0.25, 0.3) is 0 Å². The maximum Gasteiger partial charge on any atom is 0.303 e. The van der Waals surface area contributed by atoms with Crippen molar-refractivity contribution < 1.29 is 19.8 Å². The van der Waals surface area contributed by atoms with Gasteiger partial charge in [0.05, 0.1) is 12.8 Å². The molecule has 42 heavy (non-hydrogen) atoms. The first-order valence-corrected chi connectivity index (χ1v) is 13.5. The number of nitrogens with one attached hydrogen (secondary N) is 2. The van der Waals surface area contributed by atoms with E-state index in [4.69, 9.17) is 56.3 Å². The molecule has 0 spiro atoms. The van der Waals surface area contributed by atoms with Crippen LogP contribution in [0.4, 0.5) is 11.4 Å². The van der Waals surface area contributed by atoms with Crippen molar-refractivity contribution in [1.82, 2.24) is 0 Å². The lowest BCUT2D eigenvalue weighted by atomic mass is 10.2. The maximum atomic E-state index is 9.64. The lowest BCUT2D eigenvalue weighted by Gasteiger charge is -2.05. The van der Waals surface area contributed by atoms with E-state index in [-0.39, 0.29) is 36.7 Å². The van der Waals surface area contributed by atoms with E-state index in [9.17, 15) is 9.59 Å². The number of carboxylic acids is 2. The fraction of sp³-hybridized carbons (Fsp3) is 0.308. The molecule has 2 aromatic carbocycles.